The number of amides is 1. The minimum Gasteiger partial charge on any atom is -0.375 e. The SMILES string of the molecule is CC(C)N1CCC(NC(=NCC(=O)N(C)C)NCCCN(C)c2ccccc2)CC1.I. The van der Waals surface area contributed by atoms with Gasteiger partial charge in [-0.15, -0.1) is 24.0 Å². The summed E-state index contributed by atoms with van der Waals surface area (Å²) in [5, 5.41) is 6.99. The Hall–Kier alpha value is -1.55. The first-order valence-electron chi connectivity index (χ1n) is 11.1. The summed E-state index contributed by atoms with van der Waals surface area (Å²) < 4.78 is 0. The van der Waals surface area contributed by atoms with E-state index in [1.165, 1.54) is 5.69 Å². The van der Waals surface area contributed by atoms with E-state index in [1.807, 2.05) is 6.07 Å². The number of para-hydroxylation sites is 1. The van der Waals surface area contributed by atoms with Gasteiger partial charge in [0.05, 0.1) is 0 Å². The zero-order valence-electron chi connectivity index (χ0n) is 19.8. The number of hydrogen-bond acceptors (Lipinski definition) is 4. The predicted molar refractivity (Wildman–Crippen MR) is 142 cm³/mol. The van der Waals surface area contributed by atoms with Gasteiger partial charge in [-0.3, -0.25) is 4.79 Å². The van der Waals surface area contributed by atoms with Gasteiger partial charge in [0.25, 0.3) is 0 Å². The Morgan fingerprint density at radius 3 is 2.39 bits per heavy atom. The van der Waals surface area contributed by atoms with Crippen LogP contribution >= 0.6 is 24.0 Å². The molecule has 1 saturated heterocycles. The van der Waals surface area contributed by atoms with Crippen LogP contribution in [0.2, 0.25) is 0 Å². The third-order valence-electron chi connectivity index (χ3n) is 5.63. The summed E-state index contributed by atoms with van der Waals surface area (Å²) in [5.41, 5.74) is 1.22. The van der Waals surface area contributed by atoms with Gasteiger partial charge in [0.2, 0.25) is 5.91 Å². The molecule has 2 N–H and O–H groups in total. The normalized spacial score (nSPS) is 15.4. The second kappa shape index (κ2) is 14.5. The number of halogens is 1. The number of benzene rings is 1. The van der Waals surface area contributed by atoms with Crippen molar-refractivity contribution in [3.05, 3.63) is 30.3 Å². The molecule has 1 heterocycles. The average Bonchev–Trinajstić information content (AvgIpc) is 2.75. The maximum absolute atomic E-state index is 12.0. The number of carbonyl (C=O) groups excluding carboxylic acids is 1. The van der Waals surface area contributed by atoms with Crippen molar-refractivity contribution >= 4 is 41.5 Å². The zero-order valence-corrected chi connectivity index (χ0v) is 22.1. The van der Waals surface area contributed by atoms with Crippen LogP contribution in [0.5, 0.6) is 0 Å². The number of rotatable bonds is 9. The molecule has 1 aromatic carbocycles. The van der Waals surface area contributed by atoms with E-state index in [1.54, 1.807) is 19.0 Å². The minimum atomic E-state index is 0. The molecular formula is C23H41IN6O. The summed E-state index contributed by atoms with van der Waals surface area (Å²) in [5.74, 6) is 0.755. The van der Waals surface area contributed by atoms with E-state index >= 15 is 0 Å². The number of likely N-dealkylation sites (N-methyl/N-ethyl adjacent to an activating group) is 1. The first-order chi connectivity index (χ1) is 14.4. The fraction of sp³-hybridized carbons (Fsp3) is 0.652. The van der Waals surface area contributed by atoms with Crippen molar-refractivity contribution in [1.29, 1.82) is 0 Å². The van der Waals surface area contributed by atoms with Gasteiger partial charge in [-0.1, -0.05) is 18.2 Å². The van der Waals surface area contributed by atoms with Crippen LogP contribution in [-0.2, 0) is 4.79 Å². The first kappa shape index (κ1) is 27.5. The van der Waals surface area contributed by atoms with Crippen LogP contribution in [0.15, 0.2) is 35.3 Å². The summed E-state index contributed by atoms with van der Waals surface area (Å²) in [6.07, 6.45) is 3.17. The van der Waals surface area contributed by atoms with Crippen LogP contribution < -0.4 is 15.5 Å². The van der Waals surface area contributed by atoms with Crippen LogP contribution in [0.3, 0.4) is 0 Å². The molecule has 0 aliphatic carbocycles. The number of nitrogens with zero attached hydrogens (tertiary/aromatic N) is 4. The van der Waals surface area contributed by atoms with Gasteiger partial charge in [-0.2, -0.15) is 0 Å². The lowest BCUT2D eigenvalue weighted by atomic mass is 10.0. The minimum absolute atomic E-state index is 0. The number of likely N-dealkylation sites (tertiary alicyclic amines) is 1. The molecule has 8 heteroatoms. The van der Waals surface area contributed by atoms with E-state index < -0.39 is 0 Å². The summed E-state index contributed by atoms with van der Waals surface area (Å²) in [7, 11) is 5.64. The fourth-order valence-electron chi connectivity index (χ4n) is 3.53. The Morgan fingerprint density at radius 1 is 1.16 bits per heavy atom. The molecule has 1 aliphatic heterocycles. The Balaban J connectivity index is 0.00000480. The smallest absolute Gasteiger partial charge is 0.243 e. The molecule has 7 nitrogen and oxygen atoms in total. The molecule has 0 radical (unpaired) electrons. The van der Waals surface area contributed by atoms with Gasteiger partial charge in [-0.25, -0.2) is 4.99 Å². The fourth-order valence-corrected chi connectivity index (χ4v) is 3.53. The van der Waals surface area contributed by atoms with Crippen molar-refractivity contribution in [3.8, 4) is 0 Å². The molecule has 0 bridgehead atoms. The van der Waals surface area contributed by atoms with Gasteiger partial charge >= 0.3 is 0 Å². The Labute approximate surface area is 205 Å². The molecule has 1 fully saturated rings. The number of nitrogens with one attached hydrogen (secondary N) is 2. The lowest BCUT2D eigenvalue weighted by Crippen LogP contribution is -2.50. The molecule has 0 aromatic heterocycles. The second-order valence-electron chi connectivity index (χ2n) is 8.54. The van der Waals surface area contributed by atoms with Crippen molar-refractivity contribution in [3.63, 3.8) is 0 Å². The molecule has 176 valence electrons. The van der Waals surface area contributed by atoms with Crippen molar-refractivity contribution < 1.29 is 4.79 Å². The highest BCUT2D eigenvalue weighted by Crippen LogP contribution is 2.13. The van der Waals surface area contributed by atoms with Gasteiger partial charge in [0.15, 0.2) is 5.96 Å². The van der Waals surface area contributed by atoms with Crippen molar-refractivity contribution in [2.45, 2.75) is 45.2 Å². The van der Waals surface area contributed by atoms with Gasteiger partial charge < -0.3 is 25.3 Å². The first-order valence-corrected chi connectivity index (χ1v) is 11.1. The highest BCUT2D eigenvalue weighted by molar-refractivity contribution is 14.0. The van der Waals surface area contributed by atoms with Crippen LogP contribution in [0.4, 0.5) is 5.69 Å². The molecule has 1 aliphatic rings. The van der Waals surface area contributed by atoms with Crippen LogP contribution in [0.25, 0.3) is 0 Å². The van der Waals surface area contributed by atoms with E-state index in [0.29, 0.717) is 12.1 Å². The number of aliphatic imine (C=N–C) groups is 1. The van der Waals surface area contributed by atoms with Crippen LogP contribution in [0, 0.1) is 0 Å². The number of guanidine groups is 1. The second-order valence-corrected chi connectivity index (χ2v) is 8.54. The third-order valence-corrected chi connectivity index (χ3v) is 5.63. The van der Waals surface area contributed by atoms with Gasteiger partial charge in [0, 0.05) is 65.1 Å². The van der Waals surface area contributed by atoms with Gasteiger partial charge in [0.1, 0.15) is 6.54 Å². The third kappa shape index (κ3) is 10.1. The molecule has 0 saturated carbocycles. The van der Waals surface area contributed by atoms with Crippen molar-refractivity contribution in [2.75, 3.05) is 58.8 Å². The summed E-state index contributed by atoms with van der Waals surface area (Å²) >= 11 is 0. The number of hydrogen-bond donors (Lipinski definition) is 2. The maximum atomic E-state index is 12.0. The van der Waals surface area contributed by atoms with Crippen LogP contribution in [-0.4, -0.2) is 87.6 Å². The lowest BCUT2D eigenvalue weighted by molar-refractivity contribution is -0.127. The quantitative estimate of drug-likeness (QED) is 0.217. The molecule has 0 atom stereocenters. The maximum Gasteiger partial charge on any atom is 0.243 e. The highest BCUT2D eigenvalue weighted by atomic mass is 127. The molecule has 0 unspecified atom stereocenters. The summed E-state index contributed by atoms with van der Waals surface area (Å²) in [4.78, 5) is 22.9. The Bertz CT molecular complexity index is 659. The van der Waals surface area contributed by atoms with Crippen molar-refractivity contribution in [2.24, 2.45) is 4.99 Å². The molecule has 1 amide bonds. The molecule has 31 heavy (non-hydrogen) atoms. The standard InChI is InChI=1S/C23H40N6O.HI/c1-19(2)29-16-12-20(13-17-29)26-23(25-18-22(30)27(3)4)24-14-9-15-28(5)21-10-7-6-8-11-21;/h6-8,10-11,19-20H,9,12-18H2,1-5H3,(H2,24,25,26);1H. The van der Waals surface area contributed by atoms with E-state index in [2.05, 4.69) is 70.6 Å². The summed E-state index contributed by atoms with van der Waals surface area (Å²) in [6, 6.07) is 11.4. The Morgan fingerprint density at radius 2 is 1.81 bits per heavy atom. The van der Waals surface area contributed by atoms with Crippen LogP contribution in [0.1, 0.15) is 33.1 Å². The molecule has 1 aromatic rings. The molecule has 2 rings (SSSR count). The molecular weight excluding hydrogens is 503 g/mol. The Kier molecular flexibility index (Phi) is 12.9. The topological polar surface area (TPSA) is 63.2 Å². The largest absolute Gasteiger partial charge is 0.375 e. The summed E-state index contributed by atoms with van der Waals surface area (Å²) in [6.45, 7) is 8.63. The van der Waals surface area contributed by atoms with E-state index in [-0.39, 0.29) is 36.4 Å². The van der Waals surface area contributed by atoms with Gasteiger partial charge in [-0.05, 0) is 45.2 Å². The predicted octanol–water partition coefficient (Wildman–Crippen LogP) is 2.63. The van der Waals surface area contributed by atoms with Crippen molar-refractivity contribution in [1.82, 2.24) is 20.4 Å². The highest BCUT2D eigenvalue weighted by Gasteiger charge is 2.21. The van der Waals surface area contributed by atoms with E-state index in [0.717, 1.165) is 51.4 Å². The van der Waals surface area contributed by atoms with E-state index in [4.69, 9.17) is 0 Å². The monoisotopic (exact) mass is 544 g/mol. The number of carbonyl (C=O) groups is 1. The zero-order chi connectivity index (χ0) is 21.9. The number of anilines is 1. The number of piperidine rings is 1. The molecule has 0 spiro atoms. The average molecular weight is 545 g/mol. The van der Waals surface area contributed by atoms with E-state index in [9.17, 15) is 4.79 Å². The lowest BCUT2D eigenvalue weighted by Gasteiger charge is -2.35.